The molecule has 2 heterocycles. The fourth-order valence-corrected chi connectivity index (χ4v) is 3.16. The van der Waals surface area contributed by atoms with E-state index >= 15 is 0 Å². The molecule has 2 aliphatic heterocycles. The van der Waals surface area contributed by atoms with Crippen LogP contribution < -0.4 is 0 Å². The molecule has 120 valence electrons. The highest BCUT2D eigenvalue weighted by Gasteiger charge is 2.27. The Bertz CT molecular complexity index is 516. The van der Waals surface area contributed by atoms with Crippen molar-refractivity contribution in [3.8, 4) is 0 Å². The van der Waals surface area contributed by atoms with Crippen LogP contribution >= 0.6 is 0 Å². The molecule has 4 nitrogen and oxygen atoms in total. The Balaban J connectivity index is 1.44. The normalized spacial score (nSPS) is 24.9. The Morgan fingerprint density at radius 3 is 3.09 bits per heavy atom. The van der Waals surface area contributed by atoms with Gasteiger partial charge in [-0.1, -0.05) is 12.1 Å². The number of carbonyl (C=O) groups excluding carboxylic acids is 1. The summed E-state index contributed by atoms with van der Waals surface area (Å²) in [5.74, 6) is 0.0110. The van der Waals surface area contributed by atoms with Crippen LogP contribution in [0.2, 0.25) is 0 Å². The minimum Gasteiger partial charge on any atom is -0.376 e. The summed E-state index contributed by atoms with van der Waals surface area (Å²) in [7, 11) is 0. The van der Waals surface area contributed by atoms with Gasteiger partial charge in [0.1, 0.15) is 12.4 Å². The first-order valence-electron chi connectivity index (χ1n) is 7.95. The molecule has 0 aliphatic carbocycles. The van der Waals surface area contributed by atoms with Crippen molar-refractivity contribution in [1.82, 2.24) is 4.90 Å². The smallest absolute Gasteiger partial charge is 0.248 e. The molecule has 5 heteroatoms. The van der Waals surface area contributed by atoms with E-state index in [1.807, 2.05) is 11.0 Å². The lowest BCUT2D eigenvalue weighted by Gasteiger charge is -2.17. The lowest BCUT2D eigenvalue weighted by atomic mass is 9.98. The van der Waals surface area contributed by atoms with Gasteiger partial charge in [0.15, 0.2) is 0 Å². The fraction of sp³-hybridized carbons (Fsp3) is 0.588. The average Bonchev–Trinajstić information content (AvgIpc) is 3.19. The van der Waals surface area contributed by atoms with E-state index in [0.29, 0.717) is 19.7 Å². The minimum absolute atomic E-state index is 0.0110. The number of benzene rings is 1. The number of hydrogen-bond acceptors (Lipinski definition) is 3. The third-order valence-electron chi connectivity index (χ3n) is 4.41. The predicted molar refractivity (Wildman–Crippen MR) is 80.1 cm³/mol. The van der Waals surface area contributed by atoms with Crippen molar-refractivity contribution in [1.29, 1.82) is 0 Å². The van der Waals surface area contributed by atoms with Gasteiger partial charge >= 0.3 is 0 Å². The van der Waals surface area contributed by atoms with Gasteiger partial charge in [0, 0.05) is 25.6 Å². The molecule has 2 saturated heterocycles. The van der Waals surface area contributed by atoms with Gasteiger partial charge in [-0.3, -0.25) is 4.79 Å². The second-order valence-corrected chi connectivity index (χ2v) is 6.03. The van der Waals surface area contributed by atoms with Crippen LogP contribution in [0.4, 0.5) is 4.39 Å². The summed E-state index contributed by atoms with van der Waals surface area (Å²) in [6.07, 6.45) is 3.11. The van der Waals surface area contributed by atoms with Crippen molar-refractivity contribution in [2.24, 2.45) is 0 Å². The number of ether oxygens (including phenoxy) is 2. The van der Waals surface area contributed by atoms with Gasteiger partial charge in [-0.25, -0.2) is 4.39 Å². The second-order valence-electron chi connectivity index (χ2n) is 6.03. The molecule has 3 rings (SSSR count). The number of amides is 1. The molecule has 0 aromatic heterocycles. The summed E-state index contributed by atoms with van der Waals surface area (Å²) in [5, 5.41) is 0. The van der Waals surface area contributed by atoms with Gasteiger partial charge in [-0.2, -0.15) is 0 Å². The number of likely N-dealkylation sites (tertiary alicyclic amines) is 1. The first-order chi connectivity index (χ1) is 10.7. The lowest BCUT2D eigenvalue weighted by Crippen LogP contribution is -2.32. The van der Waals surface area contributed by atoms with E-state index in [-0.39, 0.29) is 30.4 Å². The van der Waals surface area contributed by atoms with Crippen LogP contribution in [0.25, 0.3) is 0 Å². The van der Waals surface area contributed by atoms with E-state index in [1.165, 1.54) is 6.07 Å². The van der Waals surface area contributed by atoms with Gasteiger partial charge in [-0.15, -0.1) is 0 Å². The molecule has 2 fully saturated rings. The molecule has 0 bridgehead atoms. The first-order valence-corrected chi connectivity index (χ1v) is 7.95. The van der Waals surface area contributed by atoms with E-state index in [1.54, 1.807) is 12.1 Å². The highest BCUT2D eigenvalue weighted by Crippen LogP contribution is 2.27. The Morgan fingerprint density at radius 1 is 1.41 bits per heavy atom. The summed E-state index contributed by atoms with van der Waals surface area (Å²) in [5.41, 5.74) is 0.968. The van der Waals surface area contributed by atoms with Crippen LogP contribution in [-0.2, 0) is 14.3 Å². The number of halogens is 1. The van der Waals surface area contributed by atoms with Crippen LogP contribution in [0.5, 0.6) is 0 Å². The largest absolute Gasteiger partial charge is 0.376 e. The quantitative estimate of drug-likeness (QED) is 0.838. The zero-order valence-electron chi connectivity index (χ0n) is 12.7. The van der Waals surface area contributed by atoms with E-state index in [9.17, 15) is 9.18 Å². The highest BCUT2D eigenvalue weighted by molar-refractivity contribution is 5.77. The molecule has 0 N–H and O–H groups in total. The van der Waals surface area contributed by atoms with Crippen LogP contribution in [0.1, 0.15) is 30.7 Å². The fourth-order valence-electron chi connectivity index (χ4n) is 3.16. The highest BCUT2D eigenvalue weighted by atomic mass is 19.1. The molecule has 0 unspecified atom stereocenters. The van der Waals surface area contributed by atoms with Crippen LogP contribution in [0.15, 0.2) is 24.3 Å². The van der Waals surface area contributed by atoms with Crippen molar-refractivity contribution in [2.45, 2.75) is 31.3 Å². The van der Waals surface area contributed by atoms with Gasteiger partial charge in [0.25, 0.3) is 0 Å². The maximum Gasteiger partial charge on any atom is 0.248 e. The number of rotatable bonds is 5. The Morgan fingerprint density at radius 2 is 2.32 bits per heavy atom. The third-order valence-corrected chi connectivity index (χ3v) is 4.41. The lowest BCUT2D eigenvalue weighted by molar-refractivity contribution is -0.136. The molecule has 1 aromatic carbocycles. The summed E-state index contributed by atoms with van der Waals surface area (Å²) in [6, 6.07) is 6.66. The Kier molecular flexibility index (Phi) is 5.05. The standard InChI is InChI=1S/C17H22FNO3/c18-15-4-1-3-13(9-15)14-6-7-19(10-14)17(20)12-21-11-16-5-2-8-22-16/h1,3-4,9,14,16H,2,5-8,10-12H2/t14-,16-/m1/s1. The molecule has 22 heavy (non-hydrogen) atoms. The van der Waals surface area contributed by atoms with E-state index < -0.39 is 0 Å². The van der Waals surface area contributed by atoms with E-state index in [4.69, 9.17) is 9.47 Å². The van der Waals surface area contributed by atoms with Crippen molar-refractivity contribution in [3.63, 3.8) is 0 Å². The summed E-state index contributed by atoms with van der Waals surface area (Å²) < 4.78 is 24.2. The summed E-state index contributed by atoms with van der Waals surface area (Å²) in [4.78, 5) is 14.0. The molecule has 1 amide bonds. The number of nitrogens with zero attached hydrogens (tertiary/aromatic N) is 1. The molecule has 1 aromatic rings. The Labute approximate surface area is 130 Å². The van der Waals surface area contributed by atoms with Gasteiger partial charge in [0.2, 0.25) is 5.91 Å². The average molecular weight is 307 g/mol. The molecule has 0 radical (unpaired) electrons. The maximum absolute atomic E-state index is 13.3. The molecule has 2 aliphatic rings. The van der Waals surface area contributed by atoms with Crippen LogP contribution in [0, 0.1) is 5.82 Å². The van der Waals surface area contributed by atoms with E-state index in [2.05, 4.69) is 0 Å². The first kappa shape index (κ1) is 15.4. The van der Waals surface area contributed by atoms with Crippen molar-refractivity contribution < 1.29 is 18.7 Å². The van der Waals surface area contributed by atoms with Gasteiger partial charge < -0.3 is 14.4 Å². The van der Waals surface area contributed by atoms with Gasteiger partial charge in [-0.05, 0) is 37.0 Å². The number of carbonyl (C=O) groups is 1. The molecular formula is C17H22FNO3. The summed E-state index contributed by atoms with van der Waals surface area (Å²) in [6.45, 7) is 2.75. The minimum atomic E-state index is -0.220. The zero-order valence-corrected chi connectivity index (χ0v) is 12.7. The molecule has 0 spiro atoms. The number of hydrogen-bond donors (Lipinski definition) is 0. The molecular weight excluding hydrogens is 285 g/mol. The maximum atomic E-state index is 13.3. The van der Waals surface area contributed by atoms with E-state index in [0.717, 1.165) is 31.4 Å². The van der Waals surface area contributed by atoms with Crippen molar-refractivity contribution in [3.05, 3.63) is 35.6 Å². The topological polar surface area (TPSA) is 38.8 Å². The van der Waals surface area contributed by atoms with Crippen molar-refractivity contribution >= 4 is 5.91 Å². The summed E-state index contributed by atoms with van der Waals surface area (Å²) >= 11 is 0. The Hall–Kier alpha value is -1.46. The predicted octanol–water partition coefficient (Wildman–Crippen LogP) is 2.34. The van der Waals surface area contributed by atoms with Crippen LogP contribution in [-0.4, -0.2) is 49.8 Å². The molecule has 2 atom stereocenters. The van der Waals surface area contributed by atoms with Crippen LogP contribution in [0.3, 0.4) is 0 Å². The van der Waals surface area contributed by atoms with Gasteiger partial charge in [0.05, 0.1) is 12.7 Å². The van der Waals surface area contributed by atoms with Crippen molar-refractivity contribution in [2.75, 3.05) is 32.9 Å². The SMILES string of the molecule is O=C(COC[C@H]1CCCO1)N1CC[C@@H](c2cccc(F)c2)C1. The monoisotopic (exact) mass is 307 g/mol. The second kappa shape index (κ2) is 7.20. The third kappa shape index (κ3) is 3.84. The zero-order chi connectivity index (χ0) is 15.4. The molecule has 0 saturated carbocycles.